The molecule has 1 aromatic carbocycles. The fraction of sp³-hybridized carbons (Fsp3) is 0.0769. The average molecular weight is 166 g/mol. The van der Waals surface area contributed by atoms with Gasteiger partial charge in [0, 0.05) is 5.92 Å². The summed E-state index contributed by atoms with van der Waals surface area (Å²) in [6.45, 7) is 0. The third-order valence-corrected chi connectivity index (χ3v) is 2.74. The molecule has 0 aromatic heterocycles. The number of fused-ring (bicyclic) bond motifs is 2. The van der Waals surface area contributed by atoms with E-state index in [1.165, 1.54) is 16.7 Å². The fourth-order valence-corrected chi connectivity index (χ4v) is 2.10. The first-order valence-corrected chi connectivity index (χ1v) is 4.60. The lowest BCUT2D eigenvalue weighted by molar-refractivity contribution is 1.03. The minimum absolute atomic E-state index is 0.529. The van der Waals surface area contributed by atoms with Crippen LogP contribution in [0.5, 0.6) is 0 Å². The van der Waals surface area contributed by atoms with Gasteiger partial charge in [-0.25, -0.2) is 0 Å². The highest BCUT2D eigenvalue weighted by molar-refractivity contribution is 5.60. The van der Waals surface area contributed by atoms with E-state index in [1.807, 2.05) is 0 Å². The summed E-state index contributed by atoms with van der Waals surface area (Å²) < 4.78 is 0. The summed E-state index contributed by atoms with van der Waals surface area (Å²) in [5.41, 5.74) is 4.27. The lowest BCUT2D eigenvalue weighted by Crippen LogP contribution is -1.94. The Bertz CT molecular complexity index is 397. The van der Waals surface area contributed by atoms with Gasteiger partial charge in [-0.3, -0.25) is 0 Å². The summed E-state index contributed by atoms with van der Waals surface area (Å²) in [5.74, 6) is 0.529. The zero-order valence-corrected chi connectivity index (χ0v) is 7.27. The van der Waals surface area contributed by atoms with E-state index >= 15 is 0 Å². The van der Waals surface area contributed by atoms with E-state index in [2.05, 4.69) is 54.6 Å². The molecule has 0 nitrogen and oxygen atoms in total. The molecule has 0 aliphatic heterocycles. The second-order valence-corrected chi connectivity index (χ2v) is 3.51. The summed E-state index contributed by atoms with van der Waals surface area (Å²) in [6.07, 6.45) is 8.86. The van der Waals surface area contributed by atoms with Crippen LogP contribution in [0.15, 0.2) is 65.8 Å². The van der Waals surface area contributed by atoms with Crippen LogP contribution >= 0.6 is 0 Å². The van der Waals surface area contributed by atoms with Crippen molar-refractivity contribution in [2.45, 2.75) is 5.92 Å². The molecule has 0 unspecified atom stereocenters. The van der Waals surface area contributed by atoms with E-state index < -0.39 is 0 Å². The minimum Gasteiger partial charge on any atom is -0.0622 e. The van der Waals surface area contributed by atoms with E-state index in [4.69, 9.17) is 0 Å². The molecular formula is C13H10. The van der Waals surface area contributed by atoms with Gasteiger partial charge in [0.2, 0.25) is 0 Å². The number of allylic oxidation sites excluding steroid dienone is 6. The molecule has 0 atom stereocenters. The maximum Gasteiger partial charge on any atom is 0.0339 e. The number of benzene rings is 1. The number of hydrogen-bond acceptors (Lipinski definition) is 0. The van der Waals surface area contributed by atoms with E-state index in [0.717, 1.165) is 0 Å². The summed E-state index contributed by atoms with van der Waals surface area (Å²) in [6, 6.07) is 10.7. The van der Waals surface area contributed by atoms with Gasteiger partial charge in [0.05, 0.1) is 0 Å². The Morgan fingerprint density at radius 3 is 1.92 bits per heavy atom. The lowest BCUT2D eigenvalue weighted by Gasteiger charge is -2.10. The van der Waals surface area contributed by atoms with E-state index in [0.29, 0.717) is 5.92 Å². The van der Waals surface area contributed by atoms with Crippen molar-refractivity contribution in [3.63, 3.8) is 0 Å². The zero-order chi connectivity index (χ0) is 8.67. The van der Waals surface area contributed by atoms with Crippen LogP contribution in [-0.2, 0) is 0 Å². The monoisotopic (exact) mass is 166 g/mol. The highest BCUT2D eigenvalue weighted by Crippen LogP contribution is 2.42. The maximum atomic E-state index is 2.22. The quantitative estimate of drug-likeness (QED) is 0.601. The van der Waals surface area contributed by atoms with Crippen molar-refractivity contribution >= 4 is 0 Å². The van der Waals surface area contributed by atoms with Crippen molar-refractivity contribution in [3.8, 4) is 0 Å². The topological polar surface area (TPSA) is 0 Å². The third kappa shape index (κ3) is 0.919. The van der Waals surface area contributed by atoms with Crippen LogP contribution in [0, 0.1) is 0 Å². The Balaban J connectivity index is 2.07. The van der Waals surface area contributed by atoms with Crippen molar-refractivity contribution in [1.82, 2.24) is 0 Å². The molecule has 13 heavy (non-hydrogen) atoms. The Kier molecular flexibility index (Phi) is 1.31. The Morgan fingerprint density at radius 2 is 1.38 bits per heavy atom. The average Bonchev–Trinajstić information content (AvgIpc) is 2.78. The summed E-state index contributed by atoms with van der Waals surface area (Å²) in [4.78, 5) is 0. The predicted octanol–water partition coefficient (Wildman–Crippen LogP) is 3.21. The van der Waals surface area contributed by atoms with Gasteiger partial charge < -0.3 is 0 Å². The first-order chi connectivity index (χ1) is 6.45. The van der Waals surface area contributed by atoms with Crippen LogP contribution in [-0.4, -0.2) is 0 Å². The van der Waals surface area contributed by atoms with Crippen LogP contribution in [0.2, 0.25) is 0 Å². The SMILES string of the molecule is C1=CC2=CC=C1C2c1ccccc1. The largest absolute Gasteiger partial charge is 0.0622 e. The highest BCUT2D eigenvalue weighted by Gasteiger charge is 2.25. The van der Waals surface area contributed by atoms with E-state index in [-0.39, 0.29) is 0 Å². The van der Waals surface area contributed by atoms with Crippen molar-refractivity contribution in [1.29, 1.82) is 0 Å². The molecule has 0 heterocycles. The molecular weight excluding hydrogens is 156 g/mol. The van der Waals surface area contributed by atoms with Gasteiger partial charge in [0.25, 0.3) is 0 Å². The smallest absolute Gasteiger partial charge is 0.0339 e. The van der Waals surface area contributed by atoms with Gasteiger partial charge in [0.1, 0.15) is 0 Å². The summed E-state index contributed by atoms with van der Waals surface area (Å²) >= 11 is 0. The van der Waals surface area contributed by atoms with Crippen LogP contribution in [0.3, 0.4) is 0 Å². The first kappa shape index (κ1) is 6.90. The van der Waals surface area contributed by atoms with Gasteiger partial charge in [-0.2, -0.15) is 0 Å². The molecule has 1 aromatic rings. The van der Waals surface area contributed by atoms with Gasteiger partial charge >= 0.3 is 0 Å². The highest BCUT2D eigenvalue weighted by atomic mass is 14.3. The molecule has 0 amide bonds. The Labute approximate surface area is 77.9 Å². The first-order valence-electron chi connectivity index (χ1n) is 4.60. The molecule has 0 heteroatoms. The molecule has 0 radical (unpaired) electrons. The minimum atomic E-state index is 0.529. The number of hydrogen-bond donors (Lipinski definition) is 0. The molecule has 3 rings (SSSR count). The molecule has 2 aliphatic carbocycles. The van der Waals surface area contributed by atoms with E-state index in [1.54, 1.807) is 0 Å². The molecule has 0 saturated heterocycles. The van der Waals surface area contributed by atoms with Crippen LogP contribution in [0.25, 0.3) is 0 Å². The molecule has 62 valence electrons. The van der Waals surface area contributed by atoms with Crippen molar-refractivity contribution in [2.75, 3.05) is 0 Å². The standard InChI is InChI=1S/C13H10/c1-2-4-10(5-3-1)13-11-6-7-12(13)9-8-11/h1-9,13H. The molecule has 2 bridgehead atoms. The van der Waals surface area contributed by atoms with Crippen molar-refractivity contribution in [3.05, 3.63) is 71.3 Å². The normalized spacial score (nSPS) is 19.1. The second-order valence-electron chi connectivity index (χ2n) is 3.51. The van der Waals surface area contributed by atoms with Crippen molar-refractivity contribution in [2.24, 2.45) is 0 Å². The van der Waals surface area contributed by atoms with Crippen LogP contribution < -0.4 is 0 Å². The fourth-order valence-electron chi connectivity index (χ4n) is 2.10. The number of rotatable bonds is 1. The Hall–Kier alpha value is -1.56. The molecule has 0 saturated carbocycles. The van der Waals surface area contributed by atoms with Gasteiger partial charge in [-0.05, 0) is 16.7 Å². The van der Waals surface area contributed by atoms with E-state index in [9.17, 15) is 0 Å². The second kappa shape index (κ2) is 2.46. The third-order valence-electron chi connectivity index (χ3n) is 2.74. The zero-order valence-electron chi connectivity index (χ0n) is 7.27. The maximum absolute atomic E-state index is 2.22. The van der Waals surface area contributed by atoms with Gasteiger partial charge in [-0.15, -0.1) is 0 Å². The van der Waals surface area contributed by atoms with Crippen molar-refractivity contribution < 1.29 is 0 Å². The molecule has 0 fully saturated rings. The molecule has 0 spiro atoms. The van der Waals surface area contributed by atoms with Gasteiger partial charge in [0.15, 0.2) is 0 Å². The summed E-state index contributed by atoms with van der Waals surface area (Å²) in [5, 5.41) is 0. The van der Waals surface area contributed by atoms with Crippen LogP contribution in [0.1, 0.15) is 11.5 Å². The molecule has 2 aliphatic rings. The van der Waals surface area contributed by atoms with Gasteiger partial charge in [-0.1, -0.05) is 54.6 Å². The summed E-state index contributed by atoms with van der Waals surface area (Å²) in [7, 11) is 0. The molecule has 0 N–H and O–H groups in total. The van der Waals surface area contributed by atoms with Crippen LogP contribution in [0.4, 0.5) is 0 Å². The lowest BCUT2D eigenvalue weighted by atomic mass is 9.93. The Morgan fingerprint density at radius 1 is 0.769 bits per heavy atom. The predicted molar refractivity (Wildman–Crippen MR) is 54.5 cm³/mol.